The third-order valence-corrected chi connectivity index (χ3v) is 5.76. The van der Waals surface area contributed by atoms with Crippen molar-refractivity contribution in [1.82, 2.24) is 4.68 Å². The molecule has 4 rings (SSSR count). The number of carbonyl (C=O) groups is 1. The van der Waals surface area contributed by atoms with Crippen LogP contribution in [0.5, 0.6) is 5.88 Å². The van der Waals surface area contributed by atoms with E-state index < -0.39 is 5.91 Å². The van der Waals surface area contributed by atoms with Gasteiger partial charge < -0.3 is 5.11 Å². The summed E-state index contributed by atoms with van der Waals surface area (Å²) in [5.41, 5.74) is 3.04. The summed E-state index contributed by atoms with van der Waals surface area (Å²) in [7, 11) is 0. The molecule has 2 N–H and O–H groups in total. The highest BCUT2D eigenvalue weighted by molar-refractivity contribution is 9.10. The maximum atomic E-state index is 12.5. The number of hydrogen-bond acceptors (Lipinski definition) is 6. The molecule has 0 atom stereocenters. The monoisotopic (exact) mass is 458 g/mol. The third kappa shape index (κ3) is 3.48. The van der Waals surface area contributed by atoms with E-state index in [0.717, 1.165) is 22.1 Å². The Morgan fingerprint density at radius 1 is 1.15 bits per heavy atom. The van der Waals surface area contributed by atoms with E-state index >= 15 is 0 Å². The van der Waals surface area contributed by atoms with Crippen molar-refractivity contribution >= 4 is 51.5 Å². The number of hydrogen-bond donors (Lipinski definition) is 2. The molecule has 2 aromatic carbocycles. The number of fused-ring (bicyclic) bond motifs is 1. The minimum Gasteiger partial charge on any atom is -0.492 e. The number of aromatic hydroxyl groups is 1. The SMILES string of the molecule is O=C(Nn1c(O)c(C=C2N=c3ccccc3=N2)sc1=S)c1ccccc1Br. The van der Waals surface area contributed by atoms with Crippen LogP contribution in [0.1, 0.15) is 15.2 Å². The summed E-state index contributed by atoms with van der Waals surface area (Å²) in [5.74, 6) is -0.0974. The van der Waals surface area contributed by atoms with E-state index in [1.807, 2.05) is 30.3 Å². The van der Waals surface area contributed by atoms with Crippen LogP contribution in [0.3, 0.4) is 0 Å². The van der Waals surface area contributed by atoms with Gasteiger partial charge in [0, 0.05) is 10.5 Å². The highest BCUT2D eigenvalue weighted by Crippen LogP contribution is 2.28. The van der Waals surface area contributed by atoms with Gasteiger partial charge in [0.1, 0.15) is 0 Å². The van der Waals surface area contributed by atoms with Crippen molar-refractivity contribution in [2.45, 2.75) is 0 Å². The smallest absolute Gasteiger partial charge is 0.271 e. The third-order valence-electron chi connectivity index (χ3n) is 3.76. The Morgan fingerprint density at radius 3 is 2.44 bits per heavy atom. The molecule has 0 spiro atoms. The van der Waals surface area contributed by atoms with Crippen LogP contribution in [-0.4, -0.2) is 15.7 Å². The van der Waals surface area contributed by atoms with Gasteiger partial charge in [0.2, 0.25) is 5.88 Å². The van der Waals surface area contributed by atoms with Crippen LogP contribution in [0, 0.1) is 3.95 Å². The largest absolute Gasteiger partial charge is 0.492 e. The average molecular weight is 459 g/mol. The number of aromatic nitrogens is 1. The molecular weight excluding hydrogens is 448 g/mol. The van der Waals surface area contributed by atoms with Crippen molar-refractivity contribution in [1.29, 1.82) is 0 Å². The average Bonchev–Trinajstić information content (AvgIpc) is 3.17. The molecule has 27 heavy (non-hydrogen) atoms. The Balaban J connectivity index is 1.66. The Morgan fingerprint density at radius 2 is 1.78 bits per heavy atom. The Bertz CT molecular complexity index is 1240. The summed E-state index contributed by atoms with van der Waals surface area (Å²) in [4.78, 5) is 21.7. The van der Waals surface area contributed by atoms with E-state index in [-0.39, 0.29) is 5.88 Å². The molecule has 0 aliphatic carbocycles. The van der Waals surface area contributed by atoms with Crippen LogP contribution in [-0.2, 0) is 0 Å². The van der Waals surface area contributed by atoms with Crippen molar-refractivity contribution < 1.29 is 9.90 Å². The lowest BCUT2D eigenvalue weighted by Gasteiger charge is -2.08. The van der Waals surface area contributed by atoms with E-state index in [9.17, 15) is 9.90 Å². The number of carbonyl (C=O) groups excluding carboxylic acids is 1. The molecule has 1 aliphatic rings. The first-order chi connectivity index (χ1) is 13.0. The van der Waals surface area contributed by atoms with Crippen LogP contribution in [0.25, 0.3) is 6.08 Å². The van der Waals surface area contributed by atoms with Gasteiger partial charge in [0.25, 0.3) is 5.91 Å². The van der Waals surface area contributed by atoms with Crippen molar-refractivity contribution in [2.24, 2.45) is 9.98 Å². The number of amides is 1. The zero-order chi connectivity index (χ0) is 19.0. The summed E-state index contributed by atoms with van der Waals surface area (Å²) in [6.45, 7) is 0. The second-order valence-electron chi connectivity index (χ2n) is 5.53. The zero-order valence-electron chi connectivity index (χ0n) is 13.6. The number of thiazole rings is 1. The van der Waals surface area contributed by atoms with Gasteiger partial charge in [-0.2, -0.15) is 4.68 Å². The quantitative estimate of drug-likeness (QED) is 0.590. The lowest BCUT2D eigenvalue weighted by Crippen LogP contribution is -2.22. The molecule has 1 amide bonds. The number of halogens is 1. The molecule has 9 heteroatoms. The number of benzene rings is 2. The predicted molar refractivity (Wildman–Crippen MR) is 109 cm³/mol. The minimum absolute atomic E-state index is 0.167. The molecule has 0 fully saturated rings. The van der Waals surface area contributed by atoms with Gasteiger partial charge in [0.05, 0.1) is 21.2 Å². The molecule has 0 bridgehead atoms. The molecule has 1 aromatic heterocycles. The fraction of sp³-hybridized carbons (Fsp3) is 0. The standard InChI is InChI=1S/C18H11BrN4O2S2/c19-11-6-2-1-5-10(11)16(24)22-23-17(25)14(27-18(23)26)9-15-20-12-7-3-4-8-13(12)21-15/h1-9,25H,(H,22,24). The fourth-order valence-electron chi connectivity index (χ4n) is 2.49. The Labute approximate surface area is 171 Å². The molecule has 0 unspecified atom stereocenters. The minimum atomic E-state index is -0.395. The van der Waals surface area contributed by atoms with Crippen LogP contribution in [0.2, 0.25) is 0 Å². The summed E-state index contributed by atoms with van der Waals surface area (Å²) >= 11 is 9.76. The highest BCUT2D eigenvalue weighted by atomic mass is 79.9. The Kier molecular flexibility index (Phi) is 4.73. The van der Waals surface area contributed by atoms with E-state index in [4.69, 9.17) is 12.2 Å². The van der Waals surface area contributed by atoms with Crippen molar-refractivity contribution in [3.05, 3.63) is 83.9 Å². The van der Waals surface area contributed by atoms with Gasteiger partial charge in [-0.1, -0.05) is 35.6 Å². The second kappa shape index (κ2) is 7.18. The molecule has 0 radical (unpaired) electrons. The van der Waals surface area contributed by atoms with Gasteiger partial charge in [-0.15, -0.1) is 0 Å². The normalized spacial score (nSPS) is 12.1. The second-order valence-corrected chi connectivity index (χ2v) is 8.06. The summed E-state index contributed by atoms with van der Waals surface area (Å²) in [5, 5.41) is 12.0. The summed E-state index contributed by atoms with van der Waals surface area (Å²) in [6.07, 6.45) is 1.64. The van der Waals surface area contributed by atoms with Crippen molar-refractivity contribution in [3.8, 4) is 5.88 Å². The predicted octanol–water partition coefficient (Wildman–Crippen LogP) is 3.38. The lowest BCUT2D eigenvalue weighted by molar-refractivity contribution is 0.100. The maximum Gasteiger partial charge on any atom is 0.271 e. The van der Waals surface area contributed by atoms with E-state index in [0.29, 0.717) is 24.7 Å². The first-order valence-corrected chi connectivity index (χ1v) is 9.79. The van der Waals surface area contributed by atoms with Gasteiger partial charge in [-0.05, 0) is 52.4 Å². The summed E-state index contributed by atoms with van der Waals surface area (Å²) in [6, 6.07) is 14.5. The molecule has 3 aromatic rings. The van der Waals surface area contributed by atoms with Gasteiger partial charge in [-0.3, -0.25) is 10.2 Å². The van der Waals surface area contributed by atoms with Crippen LogP contribution < -0.4 is 16.1 Å². The van der Waals surface area contributed by atoms with Crippen LogP contribution in [0.15, 0.2) is 68.8 Å². The molecule has 0 saturated carbocycles. The topological polar surface area (TPSA) is 79.0 Å². The van der Waals surface area contributed by atoms with Crippen LogP contribution in [0.4, 0.5) is 0 Å². The van der Waals surface area contributed by atoms with Crippen molar-refractivity contribution in [2.75, 3.05) is 5.43 Å². The number of nitrogens with one attached hydrogen (secondary N) is 1. The van der Waals surface area contributed by atoms with Crippen LogP contribution >= 0.6 is 39.5 Å². The van der Waals surface area contributed by atoms with E-state index in [1.54, 1.807) is 24.3 Å². The maximum absolute atomic E-state index is 12.5. The molecule has 6 nitrogen and oxygen atoms in total. The van der Waals surface area contributed by atoms with E-state index in [2.05, 4.69) is 31.3 Å². The van der Waals surface area contributed by atoms with Gasteiger partial charge in [-0.25, -0.2) is 9.98 Å². The number of rotatable bonds is 3. The first-order valence-electron chi connectivity index (χ1n) is 7.78. The van der Waals surface area contributed by atoms with Gasteiger partial charge >= 0.3 is 0 Å². The number of nitrogens with zero attached hydrogens (tertiary/aromatic N) is 3. The first kappa shape index (κ1) is 17.8. The molecule has 1 aliphatic heterocycles. The fourth-order valence-corrected chi connectivity index (χ4v) is 4.11. The van der Waals surface area contributed by atoms with E-state index in [1.165, 1.54) is 4.68 Å². The van der Waals surface area contributed by atoms with Crippen molar-refractivity contribution in [3.63, 3.8) is 0 Å². The lowest BCUT2D eigenvalue weighted by atomic mass is 10.2. The molecule has 134 valence electrons. The van der Waals surface area contributed by atoms with Gasteiger partial charge in [0.15, 0.2) is 9.78 Å². The zero-order valence-corrected chi connectivity index (χ0v) is 16.8. The summed E-state index contributed by atoms with van der Waals surface area (Å²) < 4.78 is 2.12. The number of para-hydroxylation sites is 2. The molecule has 2 heterocycles. The Hall–Kier alpha value is -2.62. The molecule has 0 saturated heterocycles. The molecular formula is C18H11BrN4O2S2. The highest BCUT2D eigenvalue weighted by Gasteiger charge is 2.16.